The van der Waals surface area contributed by atoms with Gasteiger partial charge >= 0.3 is 0 Å². The van der Waals surface area contributed by atoms with Gasteiger partial charge in [0.2, 0.25) is 5.88 Å². The summed E-state index contributed by atoms with van der Waals surface area (Å²) in [6, 6.07) is 9.20. The first kappa shape index (κ1) is 11.2. The quantitative estimate of drug-likeness (QED) is 0.719. The Balaban J connectivity index is 2.14. The molecule has 0 saturated heterocycles. The molecule has 3 aromatic rings. The molecule has 0 aliphatic rings. The molecule has 0 aliphatic carbocycles. The van der Waals surface area contributed by atoms with E-state index in [1.165, 1.54) is 0 Å². The first-order valence-electron chi connectivity index (χ1n) is 5.73. The van der Waals surface area contributed by atoms with Crippen LogP contribution >= 0.6 is 0 Å². The molecule has 5 heteroatoms. The SMILES string of the molecule is Cc1nc2cnc(-c3ccc(C#N)cc3)cn2c1O. The number of aryl methyl sites for hydroxylation is 1. The van der Waals surface area contributed by atoms with Crippen LogP contribution < -0.4 is 0 Å². The number of nitrogens with zero attached hydrogens (tertiary/aromatic N) is 4. The van der Waals surface area contributed by atoms with E-state index in [1.54, 1.807) is 35.9 Å². The van der Waals surface area contributed by atoms with Crippen molar-refractivity contribution in [2.75, 3.05) is 0 Å². The van der Waals surface area contributed by atoms with Crippen LogP contribution in [0.4, 0.5) is 0 Å². The lowest BCUT2D eigenvalue weighted by molar-refractivity contribution is 0.444. The van der Waals surface area contributed by atoms with E-state index >= 15 is 0 Å². The highest BCUT2D eigenvalue weighted by molar-refractivity contribution is 5.61. The van der Waals surface area contributed by atoms with Crippen molar-refractivity contribution in [3.05, 3.63) is 47.9 Å². The fourth-order valence-corrected chi connectivity index (χ4v) is 1.92. The number of imidazole rings is 1. The van der Waals surface area contributed by atoms with E-state index in [-0.39, 0.29) is 5.88 Å². The van der Waals surface area contributed by atoms with Crippen molar-refractivity contribution in [2.45, 2.75) is 6.92 Å². The Labute approximate surface area is 109 Å². The topological polar surface area (TPSA) is 74.2 Å². The zero-order chi connectivity index (χ0) is 13.4. The number of aromatic hydroxyl groups is 1. The Morgan fingerprint density at radius 2 is 2.00 bits per heavy atom. The van der Waals surface area contributed by atoms with Crippen LogP contribution in [0, 0.1) is 18.3 Å². The van der Waals surface area contributed by atoms with Crippen molar-refractivity contribution in [3.8, 4) is 23.2 Å². The van der Waals surface area contributed by atoms with E-state index in [4.69, 9.17) is 5.26 Å². The lowest BCUT2D eigenvalue weighted by atomic mass is 10.1. The maximum Gasteiger partial charge on any atom is 0.219 e. The van der Waals surface area contributed by atoms with Gasteiger partial charge in [0.1, 0.15) is 5.69 Å². The maximum absolute atomic E-state index is 9.88. The highest BCUT2D eigenvalue weighted by atomic mass is 16.3. The summed E-state index contributed by atoms with van der Waals surface area (Å²) in [4.78, 5) is 8.49. The minimum absolute atomic E-state index is 0.118. The lowest BCUT2D eigenvalue weighted by Crippen LogP contribution is -1.90. The van der Waals surface area contributed by atoms with Crippen LogP contribution in [-0.2, 0) is 0 Å². The first-order valence-corrected chi connectivity index (χ1v) is 5.73. The molecule has 1 aromatic carbocycles. The van der Waals surface area contributed by atoms with E-state index in [2.05, 4.69) is 16.0 Å². The summed E-state index contributed by atoms with van der Waals surface area (Å²) < 4.78 is 1.59. The van der Waals surface area contributed by atoms with Crippen LogP contribution in [0.2, 0.25) is 0 Å². The van der Waals surface area contributed by atoms with Gasteiger partial charge in [-0.2, -0.15) is 5.26 Å². The molecule has 92 valence electrons. The molecule has 2 heterocycles. The molecule has 0 saturated carbocycles. The summed E-state index contributed by atoms with van der Waals surface area (Å²) in [7, 11) is 0. The summed E-state index contributed by atoms with van der Waals surface area (Å²) in [5.41, 5.74) is 3.37. The Morgan fingerprint density at radius 1 is 1.26 bits per heavy atom. The summed E-state index contributed by atoms with van der Waals surface area (Å²) >= 11 is 0. The van der Waals surface area contributed by atoms with Gasteiger partial charge in [-0.15, -0.1) is 0 Å². The molecule has 0 spiro atoms. The van der Waals surface area contributed by atoms with Crippen molar-refractivity contribution < 1.29 is 5.11 Å². The zero-order valence-corrected chi connectivity index (χ0v) is 10.2. The number of aromatic nitrogens is 3. The number of rotatable bonds is 1. The van der Waals surface area contributed by atoms with E-state index in [0.717, 1.165) is 5.56 Å². The molecule has 0 bridgehead atoms. The Morgan fingerprint density at radius 3 is 2.68 bits per heavy atom. The molecular weight excluding hydrogens is 240 g/mol. The molecule has 3 rings (SSSR count). The Hall–Kier alpha value is -2.87. The molecule has 0 aliphatic heterocycles. The van der Waals surface area contributed by atoms with Crippen LogP contribution in [0.1, 0.15) is 11.3 Å². The van der Waals surface area contributed by atoms with Gasteiger partial charge in [0, 0.05) is 11.8 Å². The van der Waals surface area contributed by atoms with Gasteiger partial charge in [0.15, 0.2) is 5.65 Å². The number of hydrogen-bond acceptors (Lipinski definition) is 4. The summed E-state index contributed by atoms with van der Waals surface area (Å²) in [6.45, 7) is 1.74. The second-order valence-electron chi connectivity index (χ2n) is 4.21. The number of benzene rings is 1. The van der Waals surface area contributed by atoms with Crippen molar-refractivity contribution >= 4 is 5.65 Å². The average molecular weight is 250 g/mol. The predicted molar refractivity (Wildman–Crippen MR) is 69.5 cm³/mol. The standard InChI is InChI=1S/C14H10N4O/c1-9-14(19)18-8-12(16-7-13(18)17-9)11-4-2-10(6-15)3-5-11/h2-5,7-8,19H,1H3. The number of fused-ring (bicyclic) bond motifs is 1. The average Bonchev–Trinajstić information content (AvgIpc) is 2.74. The largest absolute Gasteiger partial charge is 0.493 e. The normalized spacial score (nSPS) is 10.5. The Bertz CT molecular complexity index is 797. The van der Waals surface area contributed by atoms with Crippen molar-refractivity contribution in [3.63, 3.8) is 0 Å². The molecule has 0 radical (unpaired) electrons. The monoisotopic (exact) mass is 250 g/mol. The third-order valence-electron chi connectivity index (χ3n) is 2.96. The molecule has 0 fully saturated rings. The zero-order valence-electron chi connectivity index (χ0n) is 10.2. The Kier molecular flexibility index (Phi) is 2.43. The van der Waals surface area contributed by atoms with Crippen molar-refractivity contribution in [1.29, 1.82) is 5.26 Å². The summed E-state index contributed by atoms with van der Waals surface area (Å²) in [5.74, 6) is 0.118. The predicted octanol–water partition coefficient (Wildman–Crippen LogP) is 2.28. The minimum atomic E-state index is 0.118. The fourth-order valence-electron chi connectivity index (χ4n) is 1.92. The smallest absolute Gasteiger partial charge is 0.219 e. The fraction of sp³-hybridized carbons (Fsp3) is 0.0714. The lowest BCUT2D eigenvalue weighted by Gasteiger charge is -2.02. The van der Waals surface area contributed by atoms with E-state index in [1.807, 2.05) is 12.1 Å². The van der Waals surface area contributed by atoms with Gasteiger partial charge in [0.05, 0.1) is 23.5 Å². The van der Waals surface area contributed by atoms with Crippen LogP contribution in [0.15, 0.2) is 36.7 Å². The second-order valence-corrected chi connectivity index (χ2v) is 4.21. The molecule has 5 nitrogen and oxygen atoms in total. The van der Waals surface area contributed by atoms with Gasteiger partial charge in [-0.1, -0.05) is 12.1 Å². The third kappa shape index (κ3) is 1.79. The maximum atomic E-state index is 9.88. The van der Waals surface area contributed by atoms with Gasteiger partial charge in [-0.3, -0.25) is 9.38 Å². The summed E-state index contributed by atoms with van der Waals surface area (Å²) in [6.07, 6.45) is 3.34. The highest BCUT2D eigenvalue weighted by Crippen LogP contribution is 2.22. The molecular formula is C14H10N4O. The van der Waals surface area contributed by atoms with Gasteiger partial charge in [-0.25, -0.2) is 4.98 Å². The van der Waals surface area contributed by atoms with Crippen LogP contribution in [0.5, 0.6) is 5.88 Å². The first-order chi connectivity index (χ1) is 9.19. The molecule has 1 N–H and O–H groups in total. The number of hydrogen-bond donors (Lipinski definition) is 1. The summed E-state index contributed by atoms with van der Waals surface area (Å²) in [5, 5.41) is 18.6. The van der Waals surface area contributed by atoms with Crippen LogP contribution in [0.3, 0.4) is 0 Å². The van der Waals surface area contributed by atoms with E-state index < -0.39 is 0 Å². The van der Waals surface area contributed by atoms with Gasteiger partial charge < -0.3 is 5.11 Å². The van der Waals surface area contributed by atoms with Crippen molar-refractivity contribution in [2.24, 2.45) is 0 Å². The van der Waals surface area contributed by atoms with Crippen LogP contribution in [-0.4, -0.2) is 19.5 Å². The molecule has 0 amide bonds. The van der Waals surface area contributed by atoms with E-state index in [9.17, 15) is 5.11 Å². The second kappa shape index (κ2) is 4.10. The molecule has 0 unspecified atom stereocenters. The molecule has 0 atom stereocenters. The minimum Gasteiger partial charge on any atom is -0.493 e. The van der Waals surface area contributed by atoms with Gasteiger partial charge in [-0.05, 0) is 19.1 Å². The number of nitriles is 1. The third-order valence-corrected chi connectivity index (χ3v) is 2.96. The molecule has 19 heavy (non-hydrogen) atoms. The van der Waals surface area contributed by atoms with Gasteiger partial charge in [0.25, 0.3) is 0 Å². The van der Waals surface area contributed by atoms with Crippen molar-refractivity contribution in [1.82, 2.24) is 14.4 Å². The van der Waals surface area contributed by atoms with Crippen LogP contribution in [0.25, 0.3) is 16.9 Å². The molecule has 2 aromatic heterocycles. The van der Waals surface area contributed by atoms with E-state index in [0.29, 0.717) is 22.6 Å². The highest BCUT2D eigenvalue weighted by Gasteiger charge is 2.09.